The van der Waals surface area contributed by atoms with Crippen LogP contribution in [0.3, 0.4) is 0 Å². The van der Waals surface area contributed by atoms with Crippen molar-refractivity contribution in [2.24, 2.45) is 0 Å². The average molecular weight is 201 g/mol. The van der Waals surface area contributed by atoms with E-state index in [2.05, 4.69) is 11.9 Å². The quantitative estimate of drug-likeness (QED) is 0.524. The molecule has 0 aromatic heterocycles. The summed E-state index contributed by atoms with van der Waals surface area (Å²) in [7, 11) is 0. The number of allylic oxidation sites excluding steroid dienone is 1. The fourth-order valence-electron chi connectivity index (χ4n) is 0.867. The fourth-order valence-corrected chi connectivity index (χ4v) is 0.867. The molecule has 2 unspecified atom stereocenters. The Labute approximate surface area is 82.4 Å². The minimum Gasteiger partial charge on any atom is -0.480 e. The van der Waals surface area contributed by atoms with Crippen molar-refractivity contribution in [3.05, 3.63) is 12.7 Å². The lowest BCUT2D eigenvalue weighted by Crippen LogP contribution is -2.47. The van der Waals surface area contributed by atoms with Crippen LogP contribution in [-0.2, 0) is 9.59 Å². The minimum atomic E-state index is -1.24. The molecule has 0 aliphatic carbocycles. The van der Waals surface area contributed by atoms with E-state index in [4.69, 9.17) is 10.2 Å². The average Bonchev–Trinajstić information content (AvgIpc) is 2.09. The number of aliphatic carboxylic acids is 1. The second-order valence-electron chi connectivity index (χ2n) is 2.95. The van der Waals surface area contributed by atoms with E-state index in [0.717, 1.165) is 0 Å². The largest absolute Gasteiger partial charge is 0.480 e. The standard InChI is InChI=1S/C9H15NO4/c1-3-4-5-7(12)10-8(6(2)11)9(13)14/h3,6,8,11H,1,4-5H2,2H3,(H,10,12)(H,13,14). The summed E-state index contributed by atoms with van der Waals surface area (Å²) in [6.45, 7) is 4.75. The summed E-state index contributed by atoms with van der Waals surface area (Å²) in [6, 6.07) is -1.24. The number of hydrogen-bond acceptors (Lipinski definition) is 3. The lowest BCUT2D eigenvalue weighted by Gasteiger charge is -2.16. The molecule has 0 rings (SSSR count). The van der Waals surface area contributed by atoms with Gasteiger partial charge in [0.15, 0.2) is 6.04 Å². The van der Waals surface area contributed by atoms with E-state index in [1.165, 1.54) is 6.92 Å². The maximum absolute atomic E-state index is 11.1. The molecule has 2 atom stereocenters. The predicted molar refractivity (Wildman–Crippen MR) is 50.7 cm³/mol. The highest BCUT2D eigenvalue weighted by molar-refractivity contribution is 5.83. The second kappa shape index (κ2) is 6.15. The number of amides is 1. The molecule has 0 radical (unpaired) electrons. The van der Waals surface area contributed by atoms with Crippen molar-refractivity contribution >= 4 is 11.9 Å². The number of hydrogen-bond donors (Lipinski definition) is 3. The predicted octanol–water partition coefficient (Wildman–Crippen LogP) is -0.0972. The van der Waals surface area contributed by atoms with Crippen molar-refractivity contribution in [3.63, 3.8) is 0 Å². The molecule has 0 fully saturated rings. The van der Waals surface area contributed by atoms with Crippen molar-refractivity contribution in [2.45, 2.75) is 31.9 Å². The SMILES string of the molecule is C=CCCC(=O)NC(C(=O)O)C(C)O. The fraction of sp³-hybridized carbons (Fsp3) is 0.556. The van der Waals surface area contributed by atoms with E-state index in [0.29, 0.717) is 6.42 Å². The van der Waals surface area contributed by atoms with E-state index in [1.807, 2.05) is 0 Å². The van der Waals surface area contributed by atoms with Gasteiger partial charge in [0.05, 0.1) is 6.10 Å². The Hall–Kier alpha value is -1.36. The van der Waals surface area contributed by atoms with Crippen LogP contribution >= 0.6 is 0 Å². The summed E-state index contributed by atoms with van der Waals surface area (Å²) in [5, 5.41) is 19.9. The summed E-state index contributed by atoms with van der Waals surface area (Å²) < 4.78 is 0. The van der Waals surface area contributed by atoms with Crippen LogP contribution in [0.25, 0.3) is 0 Å². The van der Waals surface area contributed by atoms with E-state index >= 15 is 0 Å². The molecule has 0 aromatic carbocycles. The van der Waals surface area contributed by atoms with Crippen molar-refractivity contribution < 1.29 is 19.8 Å². The Balaban J connectivity index is 4.09. The molecule has 80 valence electrons. The monoisotopic (exact) mass is 201 g/mol. The second-order valence-corrected chi connectivity index (χ2v) is 2.95. The zero-order valence-electron chi connectivity index (χ0n) is 8.06. The number of rotatable bonds is 6. The Morgan fingerprint density at radius 3 is 2.50 bits per heavy atom. The molecule has 3 N–H and O–H groups in total. The first kappa shape index (κ1) is 12.6. The van der Waals surface area contributed by atoms with Crippen LogP contribution < -0.4 is 5.32 Å². The molecule has 5 nitrogen and oxygen atoms in total. The van der Waals surface area contributed by atoms with Gasteiger partial charge in [0, 0.05) is 6.42 Å². The van der Waals surface area contributed by atoms with Crippen LogP contribution in [0.1, 0.15) is 19.8 Å². The zero-order valence-corrected chi connectivity index (χ0v) is 8.06. The molecule has 14 heavy (non-hydrogen) atoms. The normalized spacial score (nSPS) is 14.1. The van der Waals surface area contributed by atoms with Crippen LogP contribution in [0.5, 0.6) is 0 Å². The van der Waals surface area contributed by atoms with Gasteiger partial charge < -0.3 is 15.5 Å². The van der Waals surface area contributed by atoms with Gasteiger partial charge in [-0.05, 0) is 13.3 Å². The van der Waals surface area contributed by atoms with Gasteiger partial charge in [0.2, 0.25) is 5.91 Å². The number of aliphatic hydroxyl groups is 1. The highest BCUT2D eigenvalue weighted by Gasteiger charge is 2.24. The number of nitrogens with one attached hydrogen (secondary N) is 1. The number of carboxylic acids is 1. The van der Waals surface area contributed by atoms with Crippen LogP contribution in [0, 0.1) is 0 Å². The highest BCUT2D eigenvalue weighted by Crippen LogP contribution is 1.96. The Morgan fingerprint density at radius 1 is 1.57 bits per heavy atom. The molecule has 0 aliphatic rings. The summed E-state index contributed by atoms with van der Waals surface area (Å²) in [5.74, 6) is -1.65. The van der Waals surface area contributed by atoms with Crippen molar-refractivity contribution in [1.29, 1.82) is 0 Å². The lowest BCUT2D eigenvalue weighted by atomic mass is 10.1. The maximum Gasteiger partial charge on any atom is 0.328 e. The first-order valence-electron chi connectivity index (χ1n) is 4.30. The zero-order chi connectivity index (χ0) is 11.1. The van der Waals surface area contributed by atoms with Gasteiger partial charge in [-0.15, -0.1) is 6.58 Å². The third-order valence-electron chi connectivity index (χ3n) is 1.64. The van der Waals surface area contributed by atoms with Crippen molar-refractivity contribution in [1.82, 2.24) is 5.32 Å². The van der Waals surface area contributed by atoms with E-state index in [1.54, 1.807) is 6.08 Å². The topological polar surface area (TPSA) is 86.6 Å². The molecule has 0 aromatic rings. The van der Waals surface area contributed by atoms with Gasteiger partial charge >= 0.3 is 5.97 Å². The number of carboxylic acid groups (broad SMARTS) is 1. The van der Waals surface area contributed by atoms with Crippen LogP contribution in [-0.4, -0.2) is 34.2 Å². The molecular weight excluding hydrogens is 186 g/mol. The van der Waals surface area contributed by atoms with Crippen molar-refractivity contribution in [2.75, 3.05) is 0 Å². The highest BCUT2D eigenvalue weighted by atomic mass is 16.4. The Morgan fingerprint density at radius 2 is 2.14 bits per heavy atom. The van der Waals surface area contributed by atoms with E-state index in [-0.39, 0.29) is 6.42 Å². The molecule has 0 saturated heterocycles. The molecular formula is C9H15NO4. The molecule has 1 amide bonds. The van der Waals surface area contributed by atoms with Gasteiger partial charge in [0.1, 0.15) is 0 Å². The van der Waals surface area contributed by atoms with Gasteiger partial charge in [-0.25, -0.2) is 4.79 Å². The van der Waals surface area contributed by atoms with E-state index in [9.17, 15) is 9.59 Å². The molecule has 0 bridgehead atoms. The molecule has 0 spiro atoms. The number of aliphatic hydroxyl groups excluding tert-OH is 1. The van der Waals surface area contributed by atoms with Crippen LogP contribution in [0.2, 0.25) is 0 Å². The van der Waals surface area contributed by atoms with Gasteiger partial charge in [0.25, 0.3) is 0 Å². The molecule has 0 heterocycles. The van der Waals surface area contributed by atoms with Crippen molar-refractivity contribution in [3.8, 4) is 0 Å². The van der Waals surface area contributed by atoms with Crippen LogP contribution in [0.15, 0.2) is 12.7 Å². The third-order valence-corrected chi connectivity index (χ3v) is 1.64. The molecule has 0 saturated carbocycles. The van der Waals surface area contributed by atoms with Gasteiger partial charge in [-0.3, -0.25) is 4.79 Å². The summed E-state index contributed by atoms with van der Waals surface area (Å²) >= 11 is 0. The van der Waals surface area contributed by atoms with Gasteiger partial charge in [-0.1, -0.05) is 6.08 Å². The minimum absolute atomic E-state index is 0.181. The summed E-state index contributed by atoms with van der Waals surface area (Å²) in [6.07, 6.45) is 1.12. The Kier molecular flexibility index (Phi) is 5.55. The first-order chi connectivity index (χ1) is 6.49. The first-order valence-corrected chi connectivity index (χ1v) is 4.30. The number of carbonyl (C=O) groups excluding carboxylic acids is 1. The molecule has 0 aliphatic heterocycles. The van der Waals surface area contributed by atoms with E-state index < -0.39 is 24.0 Å². The van der Waals surface area contributed by atoms with Gasteiger partial charge in [-0.2, -0.15) is 0 Å². The third kappa shape index (κ3) is 4.61. The summed E-state index contributed by atoms with van der Waals surface area (Å²) in [4.78, 5) is 21.6. The lowest BCUT2D eigenvalue weighted by molar-refractivity contribution is -0.144. The molecule has 5 heteroatoms. The maximum atomic E-state index is 11.1. The smallest absolute Gasteiger partial charge is 0.328 e. The van der Waals surface area contributed by atoms with Crippen LogP contribution in [0.4, 0.5) is 0 Å². The summed E-state index contributed by atoms with van der Waals surface area (Å²) in [5.41, 5.74) is 0. The Bertz CT molecular complexity index is 225. The number of carbonyl (C=O) groups is 2.